The summed E-state index contributed by atoms with van der Waals surface area (Å²) in [5.41, 5.74) is 1.13. The lowest BCUT2D eigenvalue weighted by Gasteiger charge is -2.52. The molecule has 3 aliphatic rings. The largest absolute Gasteiger partial charge is 0.508 e. The van der Waals surface area contributed by atoms with E-state index in [0.717, 1.165) is 64.1 Å². The van der Waals surface area contributed by atoms with Gasteiger partial charge in [0, 0.05) is 30.4 Å². The number of fused-ring (bicyclic) bond motifs is 3. The van der Waals surface area contributed by atoms with Crippen LogP contribution in [0.15, 0.2) is 30.4 Å². The molecule has 1 heterocycles. The van der Waals surface area contributed by atoms with Crippen molar-refractivity contribution >= 4 is 17.5 Å². The van der Waals surface area contributed by atoms with E-state index in [1.165, 1.54) is 5.56 Å². The number of aromatic hydroxyl groups is 1. The minimum Gasteiger partial charge on any atom is -0.508 e. The molecule has 1 saturated heterocycles. The molecule has 1 saturated carbocycles. The molecule has 34 heavy (non-hydrogen) atoms. The van der Waals surface area contributed by atoms with Crippen molar-refractivity contribution in [3.05, 3.63) is 41.5 Å². The number of hydrogen-bond donors (Lipinski definition) is 3. The van der Waals surface area contributed by atoms with Gasteiger partial charge in [0.1, 0.15) is 11.4 Å². The fourth-order valence-corrected chi connectivity index (χ4v) is 6.20. The topological polar surface area (TPSA) is 82.0 Å². The van der Waals surface area contributed by atoms with Gasteiger partial charge in [0.05, 0.1) is 13.2 Å². The highest BCUT2D eigenvalue weighted by Gasteiger charge is 2.50. The summed E-state index contributed by atoms with van der Waals surface area (Å²) in [7, 11) is 0. The van der Waals surface area contributed by atoms with Gasteiger partial charge in [-0.3, -0.25) is 9.69 Å². The minimum atomic E-state index is -1.06. The summed E-state index contributed by atoms with van der Waals surface area (Å²) in [5.74, 6) is 3.24. The molecule has 0 radical (unpaired) electrons. The average molecular weight is 487 g/mol. The van der Waals surface area contributed by atoms with E-state index in [4.69, 9.17) is 16.3 Å². The van der Waals surface area contributed by atoms with Gasteiger partial charge in [0.2, 0.25) is 5.91 Å². The molecule has 2 fully saturated rings. The Kier molecular flexibility index (Phi) is 8.21. The fraction of sp³-hybridized carbons (Fsp3) is 0.593. The van der Waals surface area contributed by atoms with E-state index >= 15 is 0 Å². The number of halogens is 1. The van der Waals surface area contributed by atoms with Crippen LogP contribution in [0.4, 0.5) is 0 Å². The lowest BCUT2D eigenvalue weighted by atomic mass is 9.53. The van der Waals surface area contributed by atoms with Gasteiger partial charge in [0.15, 0.2) is 0 Å². The maximum absolute atomic E-state index is 12.4. The van der Waals surface area contributed by atoms with Crippen LogP contribution in [0, 0.1) is 17.2 Å². The van der Waals surface area contributed by atoms with E-state index in [-0.39, 0.29) is 23.0 Å². The highest BCUT2D eigenvalue weighted by Crippen LogP contribution is 2.54. The molecule has 0 spiro atoms. The third-order valence-electron chi connectivity index (χ3n) is 7.82. The molecule has 6 nitrogen and oxygen atoms in total. The van der Waals surface area contributed by atoms with Crippen molar-refractivity contribution in [1.82, 2.24) is 10.2 Å². The minimum absolute atomic E-state index is 0.0722. The number of hydrogen-bond acceptors (Lipinski definition) is 5. The number of aliphatic hydroxyl groups is 1. The maximum Gasteiger partial charge on any atom is 0.243 e. The number of carbonyl (C=O) groups is 1. The van der Waals surface area contributed by atoms with Crippen LogP contribution < -0.4 is 5.32 Å². The first-order chi connectivity index (χ1) is 16.4. The lowest BCUT2D eigenvalue weighted by molar-refractivity contribution is -0.116. The van der Waals surface area contributed by atoms with Crippen LogP contribution in [-0.4, -0.2) is 66.0 Å². The average Bonchev–Trinajstić information content (AvgIpc) is 2.83. The van der Waals surface area contributed by atoms with Gasteiger partial charge in [-0.1, -0.05) is 18.1 Å². The Morgan fingerprint density at radius 3 is 2.94 bits per heavy atom. The van der Waals surface area contributed by atoms with Gasteiger partial charge < -0.3 is 20.3 Å². The number of aryl methyl sites for hydroxylation is 1. The Morgan fingerprint density at radius 2 is 2.15 bits per heavy atom. The van der Waals surface area contributed by atoms with Crippen LogP contribution in [0.2, 0.25) is 0 Å². The predicted molar refractivity (Wildman–Crippen MR) is 133 cm³/mol. The standard InChI is InChI=1S/C27H35ClN2O4/c28-12-11-26(33)9-10-27(22(20-26)5-4-21-19-23(31)6-7-24(21)27)8-1-3-25(32)29-13-2-14-30-15-17-34-18-16-30/h1,3,6-7,19,22,31,33H,2,4-5,8-10,13-18,20H2,(H,29,32)/t22-,26+,27-/m0/s1. The molecule has 1 aromatic rings. The number of rotatable bonds is 7. The summed E-state index contributed by atoms with van der Waals surface area (Å²) in [6.45, 7) is 5.12. The van der Waals surface area contributed by atoms with Gasteiger partial charge in [-0.15, -0.1) is 0 Å². The van der Waals surface area contributed by atoms with E-state index in [9.17, 15) is 15.0 Å². The number of nitrogens with zero attached hydrogens (tertiary/aromatic N) is 1. The van der Waals surface area contributed by atoms with Crippen LogP contribution in [-0.2, 0) is 21.4 Å². The second kappa shape index (κ2) is 11.1. The first kappa shape index (κ1) is 25.1. The number of carbonyl (C=O) groups excluding carboxylic acids is 1. The summed E-state index contributed by atoms with van der Waals surface area (Å²) < 4.78 is 5.37. The van der Waals surface area contributed by atoms with E-state index < -0.39 is 5.60 Å². The third-order valence-corrected chi connectivity index (χ3v) is 7.92. The second-order valence-electron chi connectivity index (χ2n) is 9.89. The SMILES string of the molecule is O=C(C=CC[C@]12CC[C@@](O)(C#CCl)C[C@@H]1CCc1cc(O)ccc12)NCCCN1CCOCC1. The summed E-state index contributed by atoms with van der Waals surface area (Å²) in [6.07, 6.45) is 8.86. The van der Waals surface area contributed by atoms with Crippen LogP contribution in [0.25, 0.3) is 0 Å². The smallest absolute Gasteiger partial charge is 0.243 e. The molecule has 0 bridgehead atoms. The highest BCUT2D eigenvalue weighted by atomic mass is 35.5. The normalized spacial score (nSPS) is 29.1. The number of benzene rings is 1. The van der Waals surface area contributed by atoms with Gasteiger partial charge >= 0.3 is 0 Å². The third kappa shape index (κ3) is 5.78. The summed E-state index contributed by atoms with van der Waals surface area (Å²) in [6, 6.07) is 5.62. The Hall–Kier alpha value is -2.04. The molecular formula is C27H35ClN2O4. The molecule has 0 aromatic heterocycles. The molecule has 3 atom stereocenters. The number of morpholine rings is 1. The van der Waals surface area contributed by atoms with Crippen LogP contribution in [0.1, 0.15) is 49.7 Å². The van der Waals surface area contributed by atoms with Crippen LogP contribution in [0.3, 0.4) is 0 Å². The van der Waals surface area contributed by atoms with Crippen LogP contribution in [0.5, 0.6) is 5.75 Å². The number of ether oxygens (including phenoxy) is 1. The number of phenols is 1. The number of allylic oxidation sites excluding steroid dienone is 1. The van der Waals surface area contributed by atoms with Gasteiger partial charge in [-0.2, -0.15) is 0 Å². The van der Waals surface area contributed by atoms with Crippen molar-refractivity contribution in [3.63, 3.8) is 0 Å². The van der Waals surface area contributed by atoms with E-state index in [2.05, 4.69) is 21.5 Å². The van der Waals surface area contributed by atoms with Gasteiger partial charge in [-0.05, 0) is 98.3 Å². The molecule has 7 heteroatoms. The van der Waals surface area contributed by atoms with Crippen molar-refractivity contribution in [2.45, 2.75) is 56.0 Å². The summed E-state index contributed by atoms with van der Waals surface area (Å²) >= 11 is 5.63. The molecule has 1 aliphatic heterocycles. The highest BCUT2D eigenvalue weighted by molar-refractivity contribution is 6.30. The summed E-state index contributed by atoms with van der Waals surface area (Å²) in [4.78, 5) is 14.8. The van der Waals surface area contributed by atoms with Crippen LogP contribution >= 0.6 is 11.6 Å². The zero-order valence-corrected chi connectivity index (χ0v) is 20.4. The zero-order chi connectivity index (χ0) is 24.0. The second-order valence-corrected chi connectivity index (χ2v) is 10.1. The van der Waals surface area contributed by atoms with Crippen molar-refractivity contribution in [3.8, 4) is 17.0 Å². The fourth-order valence-electron chi connectivity index (χ4n) is 6.03. The molecule has 4 rings (SSSR count). The number of nitrogens with one attached hydrogen (secondary N) is 1. The quantitative estimate of drug-likeness (QED) is 0.313. The van der Waals surface area contributed by atoms with Crippen molar-refractivity contribution in [1.29, 1.82) is 0 Å². The summed E-state index contributed by atoms with van der Waals surface area (Å²) in [5, 5.41) is 26.3. The van der Waals surface area contributed by atoms with Gasteiger partial charge in [-0.25, -0.2) is 0 Å². The van der Waals surface area contributed by atoms with Crippen molar-refractivity contribution in [2.24, 2.45) is 5.92 Å². The molecule has 0 unspecified atom stereocenters. The Bertz CT molecular complexity index is 965. The van der Waals surface area contributed by atoms with E-state index in [0.29, 0.717) is 25.8 Å². The van der Waals surface area contributed by atoms with Crippen molar-refractivity contribution in [2.75, 3.05) is 39.4 Å². The molecule has 1 aromatic carbocycles. The molecule has 3 N–H and O–H groups in total. The van der Waals surface area contributed by atoms with E-state index in [1.54, 1.807) is 12.1 Å². The first-order valence-electron chi connectivity index (χ1n) is 12.4. The first-order valence-corrected chi connectivity index (χ1v) is 12.7. The molecular weight excluding hydrogens is 452 g/mol. The predicted octanol–water partition coefficient (Wildman–Crippen LogP) is 3.09. The molecule has 2 aliphatic carbocycles. The molecule has 184 valence electrons. The Morgan fingerprint density at radius 1 is 1.32 bits per heavy atom. The van der Waals surface area contributed by atoms with Gasteiger partial charge in [0.25, 0.3) is 0 Å². The van der Waals surface area contributed by atoms with Crippen molar-refractivity contribution < 1.29 is 19.7 Å². The Labute approximate surface area is 207 Å². The van der Waals surface area contributed by atoms with E-state index in [1.807, 2.05) is 18.2 Å². The number of amides is 1. The number of phenolic OH excluding ortho intramolecular Hbond substituents is 1. The maximum atomic E-state index is 12.4. The Balaban J connectivity index is 1.39. The monoisotopic (exact) mass is 486 g/mol. The lowest BCUT2D eigenvalue weighted by Crippen LogP contribution is -2.49. The molecule has 1 amide bonds. The zero-order valence-electron chi connectivity index (χ0n) is 19.7.